The summed E-state index contributed by atoms with van der Waals surface area (Å²) in [6.07, 6.45) is 11.7. The molecule has 0 amide bonds. The number of benzene rings is 1. The van der Waals surface area contributed by atoms with E-state index in [-0.39, 0.29) is 0 Å². The number of unbranched alkanes of at least 4 members (excludes halogenated alkanes) is 5. The van der Waals surface area contributed by atoms with Gasteiger partial charge in [0, 0.05) is 25.8 Å². The Hall–Kier alpha value is -1.96. The van der Waals surface area contributed by atoms with Gasteiger partial charge in [-0.2, -0.15) is 0 Å². The van der Waals surface area contributed by atoms with E-state index in [1.54, 1.807) is 7.05 Å². The van der Waals surface area contributed by atoms with Gasteiger partial charge in [-0.15, -0.1) is 0 Å². The number of ether oxygens (including phenoxy) is 2. The van der Waals surface area contributed by atoms with Crippen LogP contribution in [0.5, 0.6) is 11.5 Å². The molecule has 1 atom stereocenters. The number of likely N-dealkylation sites (tertiary alicyclic amines) is 1. The Bertz CT molecular complexity index is 692. The van der Waals surface area contributed by atoms with E-state index < -0.39 is 6.10 Å². The number of aliphatic hydroxyl groups is 1. The monoisotopic (exact) mass is 492 g/mol. The highest BCUT2D eigenvalue weighted by Crippen LogP contribution is 2.32. The second kappa shape index (κ2) is 20.3. The molecule has 3 rings (SSSR count). The molecule has 7 heteroatoms. The molecule has 1 aromatic carbocycles. The predicted octanol–water partition coefficient (Wildman–Crippen LogP) is 4.71. The summed E-state index contributed by atoms with van der Waals surface area (Å²) in [4.78, 5) is 23.6. The summed E-state index contributed by atoms with van der Waals surface area (Å²) in [5.74, 6) is 1.87. The zero-order chi connectivity index (χ0) is 25.7. The second-order valence-electron chi connectivity index (χ2n) is 9.25. The minimum atomic E-state index is -0.508. The Balaban J connectivity index is 0.000000285. The molecule has 1 saturated heterocycles. The van der Waals surface area contributed by atoms with Crippen molar-refractivity contribution in [1.29, 1.82) is 0 Å². The molecule has 7 nitrogen and oxygen atoms in total. The Morgan fingerprint density at radius 1 is 1.06 bits per heavy atom. The highest BCUT2D eigenvalue weighted by Gasteiger charge is 2.14. The second-order valence-corrected chi connectivity index (χ2v) is 9.25. The number of fused-ring (bicyclic) bond motifs is 1. The van der Waals surface area contributed by atoms with E-state index >= 15 is 0 Å². The first-order chi connectivity index (χ1) is 17.0. The number of aliphatic hydroxyl groups excluding tert-OH is 1. The molecule has 1 fully saturated rings. The Kier molecular flexibility index (Phi) is 18.0. The van der Waals surface area contributed by atoms with Gasteiger partial charge in [0.05, 0.1) is 6.10 Å². The summed E-state index contributed by atoms with van der Waals surface area (Å²) in [5, 5.41) is 12.7. The number of likely N-dealkylation sites (N-methyl/N-ethyl adjacent to an activating group) is 1. The van der Waals surface area contributed by atoms with Crippen LogP contribution in [-0.4, -0.2) is 69.0 Å². The molecule has 2 aliphatic heterocycles. The molecule has 2 N–H and O–H groups in total. The molecule has 35 heavy (non-hydrogen) atoms. The summed E-state index contributed by atoms with van der Waals surface area (Å²) < 4.78 is 10.8. The van der Waals surface area contributed by atoms with Crippen molar-refractivity contribution in [3.63, 3.8) is 0 Å². The first kappa shape index (κ1) is 31.1. The maximum absolute atomic E-state index is 11.2. The van der Waals surface area contributed by atoms with Crippen LogP contribution in [0.25, 0.3) is 0 Å². The number of rotatable bonds is 13. The fourth-order valence-electron chi connectivity index (χ4n) is 3.86. The summed E-state index contributed by atoms with van der Waals surface area (Å²) in [6.45, 7) is 6.43. The molecule has 0 bridgehead atoms. The van der Waals surface area contributed by atoms with E-state index in [9.17, 15) is 14.7 Å². The highest BCUT2D eigenvalue weighted by molar-refractivity contribution is 5.78. The van der Waals surface area contributed by atoms with Crippen molar-refractivity contribution in [1.82, 2.24) is 10.2 Å². The van der Waals surface area contributed by atoms with Crippen molar-refractivity contribution in [2.75, 3.05) is 46.9 Å². The van der Waals surface area contributed by atoms with Crippen LogP contribution < -0.4 is 14.8 Å². The van der Waals surface area contributed by atoms with Crippen LogP contribution in [0.1, 0.15) is 89.2 Å². The third kappa shape index (κ3) is 14.9. The fraction of sp³-hybridized carbons (Fsp3) is 0.714. The molecule has 2 heterocycles. The number of carbonyl (C=O) groups excluding carboxylic acids is 2. The van der Waals surface area contributed by atoms with E-state index in [0.29, 0.717) is 37.7 Å². The molecule has 200 valence electrons. The lowest BCUT2D eigenvalue weighted by atomic mass is 10.1. The van der Waals surface area contributed by atoms with E-state index in [0.717, 1.165) is 69.0 Å². The number of nitrogens with one attached hydrogen (secondary N) is 1. The van der Waals surface area contributed by atoms with Gasteiger partial charge in [-0.05, 0) is 77.0 Å². The fourth-order valence-corrected chi connectivity index (χ4v) is 3.86. The van der Waals surface area contributed by atoms with Gasteiger partial charge >= 0.3 is 0 Å². The number of hydrogen-bond donors (Lipinski definition) is 2. The summed E-state index contributed by atoms with van der Waals surface area (Å²) in [6, 6.07) is 5.52. The van der Waals surface area contributed by atoms with Crippen molar-refractivity contribution < 1.29 is 24.2 Å². The molecular formula is C28H48N2O5. The summed E-state index contributed by atoms with van der Waals surface area (Å²) in [7, 11) is 3.98. The highest BCUT2D eigenvalue weighted by atomic mass is 16.6. The number of ketones is 1. The molecule has 0 saturated carbocycles. The van der Waals surface area contributed by atoms with Crippen LogP contribution in [0.4, 0.5) is 0 Å². The standard InChI is InChI=1S/C12H22O2.C11H15NO3.C5H11N/c1-2-3-9-12(14)10-7-5-4-6-8-11-13;1-12-7-9(13)8-2-3-10-11(6-8)15-5-4-14-10;1-6-4-2-3-5-6/h11H,2-10H2,1H3;2-3,6,9,12-13H,4-5,7H2,1H3;2-5H2,1H3. The zero-order valence-corrected chi connectivity index (χ0v) is 22.2. The molecule has 0 spiro atoms. The topological polar surface area (TPSA) is 88.1 Å². The number of Topliss-reactive ketones (excluding diaryl/α,β-unsaturated/α-hetero) is 1. The van der Waals surface area contributed by atoms with E-state index in [1.165, 1.54) is 25.9 Å². The molecule has 2 aliphatic rings. The number of hydrogen-bond acceptors (Lipinski definition) is 7. The van der Waals surface area contributed by atoms with Gasteiger partial charge in [-0.1, -0.05) is 32.3 Å². The van der Waals surface area contributed by atoms with E-state index in [4.69, 9.17) is 9.47 Å². The third-order valence-electron chi connectivity index (χ3n) is 6.01. The predicted molar refractivity (Wildman–Crippen MR) is 141 cm³/mol. The normalized spacial score (nSPS) is 15.3. The Morgan fingerprint density at radius 2 is 1.71 bits per heavy atom. The van der Waals surface area contributed by atoms with Crippen molar-refractivity contribution in [2.45, 2.75) is 83.7 Å². The van der Waals surface area contributed by atoms with Crippen molar-refractivity contribution >= 4 is 12.1 Å². The Morgan fingerprint density at radius 3 is 2.31 bits per heavy atom. The molecule has 0 radical (unpaired) electrons. The van der Waals surface area contributed by atoms with Gasteiger partial charge in [0.2, 0.25) is 0 Å². The lowest BCUT2D eigenvalue weighted by Gasteiger charge is -2.20. The quantitative estimate of drug-likeness (QED) is 0.305. The van der Waals surface area contributed by atoms with Gasteiger partial charge in [-0.25, -0.2) is 0 Å². The van der Waals surface area contributed by atoms with Crippen LogP contribution in [0.15, 0.2) is 18.2 Å². The lowest BCUT2D eigenvalue weighted by molar-refractivity contribution is -0.119. The zero-order valence-electron chi connectivity index (χ0n) is 22.2. The average Bonchev–Trinajstić information content (AvgIpc) is 3.36. The number of nitrogens with zero attached hydrogens (tertiary/aromatic N) is 1. The maximum Gasteiger partial charge on any atom is 0.161 e. The minimum absolute atomic E-state index is 0.405. The van der Waals surface area contributed by atoms with Crippen LogP contribution in [0.3, 0.4) is 0 Å². The van der Waals surface area contributed by atoms with E-state index in [2.05, 4.69) is 24.2 Å². The maximum atomic E-state index is 11.2. The van der Waals surface area contributed by atoms with Crippen LogP contribution in [0.2, 0.25) is 0 Å². The molecule has 0 aromatic heterocycles. The molecule has 1 unspecified atom stereocenters. The minimum Gasteiger partial charge on any atom is -0.486 e. The smallest absolute Gasteiger partial charge is 0.161 e. The first-order valence-electron chi connectivity index (χ1n) is 13.4. The SMILES string of the molecule is CCCCC(=O)CCCCCCC=O.CN1CCCC1.CNCC(O)c1ccc2c(c1)OCCO2. The van der Waals surface area contributed by atoms with Crippen molar-refractivity contribution in [3.8, 4) is 11.5 Å². The Labute approximate surface area is 212 Å². The van der Waals surface area contributed by atoms with Gasteiger partial charge in [0.25, 0.3) is 0 Å². The van der Waals surface area contributed by atoms with Gasteiger partial charge in [-0.3, -0.25) is 4.79 Å². The first-order valence-corrected chi connectivity index (χ1v) is 13.4. The van der Waals surface area contributed by atoms with Gasteiger partial charge in [0.15, 0.2) is 11.5 Å². The van der Waals surface area contributed by atoms with Crippen LogP contribution in [0, 0.1) is 0 Å². The number of aldehydes is 1. The lowest BCUT2D eigenvalue weighted by Crippen LogP contribution is -2.18. The van der Waals surface area contributed by atoms with Crippen molar-refractivity contribution in [3.05, 3.63) is 23.8 Å². The third-order valence-corrected chi connectivity index (χ3v) is 6.01. The number of carbonyl (C=O) groups is 2. The molecule has 1 aromatic rings. The van der Waals surface area contributed by atoms with Crippen molar-refractivity contribution in [2.24, 2.45) is 0 Å². The average molecular weight is 493 g/mol. The van der Waals surface area contributed by atoms with Gasteiger partial charge < -0.3 is 29.6 Å². The van der Waals surface area contributed by atoms with Gasteiger partial charge in [0.1, 0.15) is 25.3 Å². The van der Waals surface area contributed by atoms with E-state index in [1.807, 2.05) is 18.2 Å². The molecular weight excluding hydrogens is 444 g/mol. The van der Waals surface area contributed by atoms with Crippen LogP contribution >= 0.6 is 0 Å². The molecule has 0 aliphatic carbocycles. The largest absolute Gasteiger partial charge is 0.486 e. The summed E-state index contributed by atoms with van der Waals surface area (Å²) >= 11 is 0. The van der Waals surface area contributed by atoms with Crippen LogP contribution in [-0.2, 0) is 9.59 Å². The summed E-state index contributed by atoms with van der Waals surface area (Å²) in [5.41, 5.74) is 0.841.